The number of nitrogen functional groups attached to an aromatic ring is 1. The molecule has 0 saturated carbocycles. The van der Waals surface area contributed by atoms with Crippen LogP contribution in [-0.2, 0) is 13.0 Å². The van der Waals surface area contributed by atoms with E-state index in [9.17, 15) is 4.79 Å². The van der Waals surface area contributed by atoms with E-state index in [2.05, 4.69) is 0 Å². The predicted octanol–water partition coefficient (Wildman–Crippen LogP) is 3.66. The molecule has 0 bridgehead atoms. The van der Waals surface area contributed by atoms with Gasteiger partial charge in [-0.15, -0.1) is 0 Å². The molecule has 28 heavy (non-hydrogen) atoms. The molecular weight excluding hydrogens is 356 g/mol. The van der Waals surface area contributed by atoms with Crippen LogP contribution in [0.1, 0.15) is 42.3 Å². The highest BCUT2D eigenvalue weighted by molar-refractivity contribution is 5.95. The quantitative estimate of drug-likeness (QED) is 0.738. The Bertz CT molecular complexity index is 823. The van der Waals surface area contributed by atoms with Crippen molar-refractivity contribution < 1.29 is 19.0 Å². The zero-order chi connectivity index (χ0) is 20.1. The summed E-state index contributed by atoms with van der Waals surface area (Å²) in [4.78, 5) is 15.1. The molecule has 1 heterocycles. The van der Waals surface area contributed by atoms with Gasteiger partial charge in [-0.1, -0.05) is 6.07 Å². The molecule has 0 saturated heterocycles. The van der Waals surface area contributed by atoms with Crippen molar-refractivity contribution in [1.29, 1.82) is 0 Å². The minimum atomic E-state index is -0.0574. The van der Waals surface area contributed by atoms with Crippen LogP contribution >= 0.6 is 0 Å². The van der Waals surface area contributed by atoms with Crippen LogP contribution in [0.2, 0.25) is 0 Å². The molecule has 2 aromatic carbocycles. The number of ether oxygens (including phenoxy) is 3. The van der Waals surface area contributed by atoms with Gasteiger partial charge >= 0.3 is 0 Å². The van der Waals surface area contributed by atoms with Crippen molar-refractivity contribution in [1.82, 2.24) is 4.90 Å². The van der Waals surface area contributed by atoms with Crippen molar-refractivity contribution in [2.24, 2.45) is 0 Å². The number of carbonyl (C=O) groups is 1. The number of amides is 1. The molecule has 0 atom stereocenters. The first kappa shape index (κ1) is 19.9. The Morgan fingerprint density at radius 3 is 2.21 bits per heavy atom. The third kappa shape index (κ3) is 4.16. The molecular formula is C22H28N2O4. The van der Waals surface area contributed by atoms with Crippen LogP contribution in [0, 0.1) is 0 Å². The third-order valence-electron chi connectivity index (χ3n) is 4.69. The Labute approximate surface area is 166 Å². The van der Waals surface area contributed by atoms with Gasteiger partial charge < -0.3 is 24.8 Å². The zero-order valence-corrected chi connectivity index (χ0v) is 16.8. The van der Waals surface area contributed by atoms with Gasteiger partial charge in [0.15, 0.2) is 11.5 Å². The molecule has 150 valence electrons. The van der Waals surface area contributed by atoms with E-state index in [4.69, 9.17) is 19.9 Å². The summed E-state index contributed by atoms with van der Waals surface area (Å²) in [5.74, 6) is 1.54. The standard InChI is InChI=1S/C22H28N2O4/c1-4-26-19-12-16(13-20(27-5-2)21(19)28-6-3)22(25)24-10-9-15-7-8-18(23)11-17(15)14-24/h7-8,11-13H,4-6,9-10,14,23H2,1-3H3. The number of benzene rings is 2. The maximum absolute atomic E-state index is 13.2. The second-order valence-corrected chi connectivity index (χ2v) is 6.61. The number of rotatable bonds is 7. The van der Waals surface area contributed by atoms with Crippen molar-refractivity contribution >= 4 is 11.6 Å². The summed E-state index contributed by atoms with van der Waals surface area (Å²) >= 11 is 0. The lowest BCUT2D eigenvalue weighted by Gasteiger charge is -2.29. The maximum atomic E-state index is 13.2. The first-order chi connectivity index (χ1) is 13.6. The molecule has 3 rings (SSSR count). The second kappa shape index (κ2) is 8.87. The van der Waals surface area contributed by atoms with Gasteiger partial charge in [-0.05, 0) is 62.6 Å². The van der Waals surface area contributed by atoms with Gasteiger partial charge in [0.1, 0.15) is 0 Å². The van der Waals surface area contributed by atoms with Gasteiger partial charge in [-0.3, -0.25) is 4.79 Å². The van der Waals surface area contributed by atoms with Crippen LogP contribution in [0.25, 0.3) is 0 Å². The van der Waals surface area contributed by atoms with E-state index >= 15 is 0 Å². The largest absolute Gasteiger partial charge is 0.490 e. The molecule has 2 aromatic rings. The summed E-state index contributed by atoms with van der Waals surface area (Å²) < 4.78 is 17.2. The van der Waals surface area contributed by atoms with E-state index in [0.29, 0.717) is 61.4 Å². The molecule has 0 unspecified atom stereocenters. The van der Waals surface area contributed by atoms with Gasteiger partial charge in [0.05, 0.1) is 19.8 Å². The average Bonchev–Trinajstić information content (AvgIpc) is 2.69. The number of carbonyl (C=O) groups excluding carboxylic acids is 1. The maximum Gasteiger partial charge on any atom is 0.254 e. The molecule has 2 N–H and O–H groups in total. The number of nitrogens with zero attached hydrogens (tertiary/aromatic N) is 1. The smallest absolute Gasteiger partial charge is 0.254 e. The summed E-state index contributed by atoms with van der Waals surface area (Å²) in [7, 11) is 0. The molecule has 0 aliphatic carbocycles. The Kier molecular flexibility index (Phi) is 6.29. The first-order valence-corrected chi connectivity index (χ1v) is 9.80. The molecule has 6 heteroatoms. The molecule has 0 spiro atoms. The van der Waals surface area contributed by atoms with Crippen molar-refractivity contribution in [3.63, 3.8) is 0 Å². The van der Waals surface area contributed by atoms with Crippen molar-refractivity contribution in [3.05, 3.63) is 47.0 Å². The summed E-state index contributed by atoms with van der Waals surface area (Å²) in [6.07, 6.45) is 0.815. The topological polar surface area (TPSA) is 74.0 Å². The van der Waals surface area contributed by atoms with Crippen LogP contribution in [-0.4, -0.2) is 37.2 Å². The number of hydrogen-bond donors (Lipinski definition) is 1. The second-order valence-electron chi connectivity index (χ2n) is 6.61. The Morgan fingerprint density at radius 2 is 1.61 bits per heavy atom. The van der Waals surface area contributed by atoms with Crippen molar-refractivity contribution in [2.75, 3.05) is 32.1 Å². The van der Waals surface area contributed by atoms with Gasteiger partial charge in [0, 0.05) is 24.3 Å². The summed E-state index contributed by atoms with van der Waals surface area (Å²) in [6.45, 7) is 8.34. The third-order valence-corrected chi connectivity index (χ3v) is 4.69. The minimum Gasteiger partial charge on any atom is -0.490 e. The van der Waals surface area contributed by atoms with Crippen molar-refractivity contribution in [3.8, 4) is 17.2 Å². The highest BCUT2D eigenvalue weighted by atomic mass is 16.5. The van der Waals surface area contributed by atoms with Crippen LogP contribution in [0.4, 0.5) is 5.69 Å². The molecule has 1 aliphatic rings. The van der Waals surface area contributed by atoms with E-state index in [1.807, 2.05) is 43.9 Å². The molecule has 1 aliphatic heterocycles. The number of nitrogens with two attached hydrogens (primary N) is 1. The number of hydrogen-bond acceptors (Lipinski definition) is 5. The van der Waals surface area contributed by atoms with Gasteiger partial charge in [0.2, 0.25) is 5.75 Å². The van der Waals surface area contributed by atoms with Gasteiger partial charge in [0.25, 0.3) is 5.91 Å². The normalized spacial score (nSPS) is 13.0. The fraction of sp³-hybridized carbons (Fsp3) is 0.409. The lowest BCUT2D eigenvalue weighted by atomic mass is 9.98. The average molecular weight is 384 g/mol. The lowest BCUT2D eigenvalue weighted by Crippen LogP contribution is -2.36. The minimum absolute atomic E-state index is 0.0574. The van der Waals surface area contributed by atoms with Crippen LogP contribution < -0.4 is 19.9 Å². The van der Waals surface area contributed by atoms with E-state index in [1.165, 1.54) is 5.56 Å². The number of fused-ring (bicyclic) bond motifs is 1. The predicted molar refractivity (Wildman–Crippen MR) is 109 cm³/mol. The molecule has 0 fully saturated rings. The fourth-order valence-corrected chi connectivity index (χ4v) is 3.45. The molecule has 0 radical (unpaired) electrons. The lowest BCUT2D eigenvalue weighted by molar-refractivity contribution is 0.0733. The van der Waals surface area contributed by atoms with Crippen LogP contribution in [0.15, 0.2) is 30.3 Å². The fourth-order valence-electron chi connectivity index (χ4n) is 3.45. The monoisotopic (exact) mass is 384 g/mol. The molecule has 1 amide bonds. The molecule has 6 nitrogen and oxygen atoms in total. The highest BCUT2D eigenvalue weighted by Crippen LogP contribution is 2.39. The Balaban J connectivity index is 1.92. The zero-order valence-electron chi connectivity index (χ0n) is 16.8. The summed E-state index contributed by atoms with van der Waals surface area (Å²) in [5, 5.41) is 0. The van der Waals surface area contributed by atoms with Crippen molar-refractivity contribution in [2.45, 2.75) is 33.7 Å². The Morgan fingerprint density at radius 1 is 0.964 bits per heavy atom. The SMILES string of the molecule is CCOc1cc(C(=O)N2CCc3ccc(N)cc3C2)cc(OCC)c1OCC. The van der Waals surface area contributed by atoms with E-state index in [0.717, 1.165) is 12.0 Å². The van der Waals surface area contributed by atoms with E-state index < -0.39 is 0 Å². The van der Waals surface area contributed by atoms with Crippen LogP contribution in [0.5, 0.6) is 17.2 Å². The van der Waals surface area contributed by atoms with E-state index in [1.54, 1.807) is 12.1 Å². The number of anilines is 1. The van der Waals surface area contributed by atoms with E-state index in [-0.39, 0.29) is 5.91 Å². The summed E-state index contributed by atoms with van der Waals surface area (Å²) in [6, 6.07) is 9.39. The molecule has 0 aromatic heterocycles. The first-order valence-electron chi connectivity index (χ1n) is 9.80. The highest BCUT2D eigenvalue weighted by Gasteiger charge is 2.25. The van der Waals surface area contributed by atoms with Gasteiger partial charge in [-0.2, -0.15) is 0 Å². The Hall–Kier alpha value is -2.89. The van der Waals surface area contributed by atoms with Crippen LogP contribution in [0.3, 0.4) is 0 Å². The summed E-state index contributed by atoms with van der Waals surface area (Å²) in [5.41, 5.74) is 9.50. The van der Waals surface area contributed by atoms with Gasteiger partial charge in [-0.25, -0.2) is 0 Å².